The van der Waals surface area contributed by atoms with Crippen LogP contribution >= 0.6 is 27.3 Å². The SMILES string of the molecule is CC(C)NCc1ccc(N(C)Cc2ccsc2)cc1Br. The average Bonchev–Trinajstić information content (AvgIpc) is 2.89. The highest BCUT2D eigenvalue weighted by atomic mass is 79.9. The molecule has 1 N–H and O–H groups in total. The van der Waals surface area contributed by atoms with Crippen molar-refractivity contribution in [3.63, 3.8) is 0 Å². The van der Waals surface area contributed by atoms with Gasteiger partial charge in [0.1, 0.15) is 0 Å². The smallest absolute Gasteiger partial charge is 0.0434 e. The summed E-state index contributed by atoms with van der Waals surface area (Å²) in [6.07, 6.45) is 0. The van der Waals surface area contributed by atoms with Gasteiger partial charge in [-0.1, -0.05) is 35.8 Å². The monoisotopic (exact) mass is 352 g/mol. The molecule has 0 unspecified atom stereocenters. The molecular formula is C16H21BrN2S. The molecule has 0 amide bonds. The van der Waals surface area contributed by atoms with Crippen molar-refractivity contribution in [2.75, 3.05) is 11.9 Å². The summed E-state index contributed by atoms with van der Waals surface area (Å²) in [5.41, 5.74) is 3.89. The Balaban J connectivity index is 2.04. The predicted molar refractivity (Wildman–Crippen MR) is 92.5 cm³/mol. The lowest BCUT2D eigenvalue weighted by molar-refractivity contribution is 0.588. The third-order valence-electron chi connectivity index (χ3n) is 3.18. The van der Waals surface area contributed by atoms with Gasteiger partial charge in [0, 0.05) is 36.3 Å². The largest absolute Gasteiger partial charge is 0.370 e. The molecule has 20 heavy (non-hydrogen) atoms. The molecule has 0 bridgehead atoms. The number of halogens is 1. The number of hydrogen-bond acceptors (Lipinski definition) is 3. The second-order valence-corrected chi connectivity index (χ2v) is 6.93. The lowest BCUT2D eigenvalue weighted by Crippen LogP contribution is -2.22. The van der Waals surface area contributed by atoms with E-state index in [-0.39, 0.29) is 0 Å². The summed E-state index contributed by atoms with van der Waals surface area (Å²) in [6.45, 7) is 6.17. The van der Waals surface area contributed by atoms with Gasteiger partial charge >= 0.3 is 0 Å². The van der Waals surface area contributed by atoms with E-state index in [9.17, 15) is 0 Å². The van der Waals surface area contributed by atoms with Crippen LogP contribution in [0, 0.1) is 0 Å². The van der Waals surface area contributed by atoms with Crippen LogP contribution in [-0.4, -0.2) is 13.1 Å². The fourth-order valence-corrected chi connectivity index (χ4v) is 3.15. The van der Waals surface area contributed by atoms with Crippen molar-refractivity contribution in [3.8, 4) is 0 Å². The van der Waals surface area contributed by atoms with Crippen molar-refractivity contribution in [1.82, 2.24) is 5.32 Å². The highest BCUT2D eigenvalue weighted by Gasteiger charge is 2.06. The molecule has 0 radical (unpaired) electrons. The molecule has 0 saturated carbocycles. The summed E-state index contributed by atoms with van der Waals surface area (Å²) in [6, 6.07) is 9.26. The Morgan fingerprint density at radius 2 is 2.10 bits per heavy atom. The second-order valence-electron chi connectivity index (χ2n) is 5.30. The van der Waals surface area contributed by atoms with Crippen LogP contribution in [0.3, 0.4) is 0 Å². The fraction of sp³-hybridized carbons (Fsp3) is 0.375. The maximum atomic E-state index is 3.68. The van der Waals surface area contributed by atoms with E-state index >= 15 is 0 Å². The van der Waals surface area contributed by atoms with E-state index in [0.29, 0.717) is 6.04 Å². The predicted octanol–water partition coefficient (Wildman–Crippen LogP) is 4.65. The van der Waals surface area contributed by atoms with Crippen molar-refractivity contribution in [3.05, 3.63) is 50.6 Å². The van der Waals surface area contributed by atoms with E-state index in [2.05, 4.69) is 82.1 Å². The van der Waals surface area contributed by atoms with E-state index in [4.69, 9.17) is 0 Å². The number of rotatable bonds is 6. The second kappa shape index (κ2) is 7.25. The summed E-state index contributed by atoms with van der Waals surface area (Å²) in [7, 11) is 2.13. The van der Waals surface area contributed by atoms with Gasteiger partial charge in [-0.05, 0) is 40.1 Å². The number of anilines is 1. The van der Waals surface area contributed by atoms with Gasteiger partial charge in [-0.2, -0.15) is 11.3 Å². The Morgan fingerprint density at radius 3 is 2.70 bits per heavy atom. The molecule has 1 aromatic heterocycles. The highest BCUT2D eigenvalue weighted by molar-refractivity contribution is 9.10. The molecule has 0 aliphatic carbocycles. The van der Waals surface area contributed by atoms with E-state index < -0.39 is 0 Å². The maximum absolute atomic E-state index is 3.68. The van der Waals surface area contributed by atoms with E-state index in [1.54, 1.807) is 11.3 Å². The molecule has 1 aromatic carbocycles. The highest BCUT2D eigenvalue weighted by Crippen LogP contribution is 2.25. The first kappa shape index (κ1) is 15.5. The van der Waals surface area contributed by atoms with Crippen LogP contribution in [0.15, 0.2) is 39.5 Å². The van der Waals surface area contributed by atoms with Crippen LogP contribution < -0.4 is 10.2 Å². The van der Waals surface area contributed by atoms with Crippen LogP contribution in [0.1, 0.15) is 25.0 Å². The fourth-order valence-electron chi connectivity index (χ4n) is 1.98. The number of thiophene rings is 1. The molecule has 2 aromatic rings. The zero-order chi connectivity index (χ0) is 14.5. The Bertz CT molecular complexity index is 537. The first-order chi connectivity index (χ1) is 9.56. The molecule has 0 saturated heterocycles. The average molecular weight is 353 g/mol. The van der Waals surface area contributed by atoms with Crippen molar-refractivity contribution >= 4 is 33.0 Å². The number of nitrogens with one attached hydrogen (secondary N) is 1. The minimum Gasteiger partial charge on any atom is -0.370 e. The van der Waals surface area contributed by atoms with Gasteiger partial charge in [0.2, 0.25) is 0 Å². The summed E-state index contributed by atoms with van der Waals surface area (Å²) in [5, 5.41) is 7.77. The first-order valence-corrected chi connectivity index (χ1v) is 8.54. The number of benzene rings is 1. The Morgan fingerprint density at radius 1 is 1.30 bits per heavy atom. The molecule has 0 atom stereocenters. The quantitative estimate of drug-likeness (QED) is 0.814. The van der Waals surface area contributed by atoms with Crippen LogP contribution in [0.2, 0.25) is 0 Å². The molecule has 0 aliphatic heterocycles. The Labute approximate surface area is 133 Å². The van der Waals surface area contributed by atoms with Gasteiger partial charge in [-0.15, -0.1) is 0 Å². The number of hydrogen-bond donors (Lipinski definition) is 1. The summed E-state index contributed by atoms with van der Waals surface area (Å²) < 4.78 is 1.17. The lowest BCUT2D eigenvalue weighted by atomic mass is 10.2. The van der Waals surface area contributed by atoms with E-state index in [1.165, 1.54) is 21.3 Å². The minimum atomic E-state index is 0.503. The van der Waals surface area contributed by atoms with Crippen LogP contribution in [0.4, 0.5) is 5.69 Å². The molecule has 2 rings (SSSR count). The van der Waals surface area contributed by atoms with Crippen molar-refractivity contribution in [2.24, 2.45) is 0 Å². The molecule has 108 valence electrons. The van der Waals surface area contributed by atoms with Gasteiger partial charge in [0.25, 0.3) is 0 Å². The first-order valence-electron chi connectivity index (χ1n) is 6.80. The van der Waals surface area contributed by atoms with Gasteiger partial charge in [-0.3, -0.25) is 0 Å². The molecule has 0 spiro atoms. The van der Waals surface area contributed by atoms with Crippen LogP contribution in [0.5, 0.6) is 0 Å². The third-order valence-corrected chi connectivity index (χ3v) is 4.65. The summed E-state index contributed by atoms with van der Waals surface area (Å²) >= 11 is 5.43. The van der Waals surface area contributed by atoms with Crippen molar-refractivity contribution in [2.45, 2.75) is 33.0 Å². The van der Waals surface area contributed by atoms with Crippen molar-refractivity contribution in [1.29, 1.82) is 0 Å². The summed E-state index contributed by atoms with van der Waals surface area (Å²) in [5.74, 6) is 0. The lowest BCUT2D eigenvalue weighted by Gasteiger charge is -2.20. The standard InChI is InChI=1S/C16H21BrN2S/c1-12(2)18-9-14-4-5-15(8-16(14)17)19(3)10-13-6-7-20-11-13/h4-8,11-12,18H,9-10H2,1-3H3. The molecule has 1 heterocycles. The zero-order valence-electron chi connectivity index (χ0n) is 12.2. The van der Waals surface area contributed by atoms with E-state index in [1.807, 2.05) is 0 Å². The third kappa shape index (κ3) is 4.33. The Kier molecular flexibility index (Phi) is 5.64. The molecular weight excluding hydrogens is 332 g/mol. The van der Waals surface area contributed by atoms with Crippen LogP contribution in [0.25, 0.3) is 0 Å². The van der Waals surface area contributed by atoms with Gasteiger partial charge in [0.15, 0.2) is 0 Å². The molecule has 0 aliphatic rings. The van der Waals surface area contributed by atoms with E-state index in [0.717, 1.165) is 13.1 Å². The summed E-state index contributed by atoms with van der Waals surface area (Å²) in [4.78, 5) is 2.27. The molecule has 0 fully saturated rings. The molecule has 2 nitrogen and oxygen atoms in total. The van der Waals surface area contributed by atoms with Gasteiger partial charge in [0.05, 0.1) is 0 Å². The minimum absolute atomic E-state index is 0.503. The maximum Gasteiger partial charge on any atom is 0.0434 e. The normalized spacial score (nSPS) is 11.1. The van der Waals surface area contributed by atoms with Crippen LogP contribution in [-0.2, 0) is 13.1 Å². The Hall–Kier alpha value is -0.840. The van der Waals surface area contributed by atoms with Crippen molar-refractivity contribution < 1.29 is 0 Å². The zero-order valence-corrected chi connectivity index (χ0v) is 14.6. The topological polar surface area (TPSA) is 15.3 Å². The molecule has 4 heteroatoms. The van der Waals surface area contributed by atoms with Gasteiger partial charge < -0.3 is 10.2 Å². The van der Waals surface area contributed by atoms with Gasteiger partial charge in [-0.25, -0.2) is 0 Å². The number of nitrogens with zero attached hydrogens (tertiary/aromatic N) is 1.